The second-order valence-corrected chi connectivity index (χ2v) is 6.32. The SMILES string of the molecule is CCC(=O)N1CC(CC#N)(n2ccc(-c3ncnc4[nH]ncc34)c2)C1. The summed E-state index contributed by atoms with van der Waals surface area (Å²) in [7, 11) is 0. The molecule has 1 fully saturated rings. The number of hydrogen-bond acceptors (Lipinski definition) is 5. The third kappa shape index (κ3) is 2.36. The molecular weight excluding hydrogens is 318 g/mol. The molecule has 0 atom stereocenters. The van der Waals surface area contributed by atoms with Crippen molar-refractivity contribution in [3.05, 3.63) is 31.0 Å². The molecule has 3 aromatic rings. The molecule has 0 spiro atoms. The molecule has 1 N–H and O–H groups in total. The molecule has 1 saturated heterocycles. The van der Waals surface area contributed by atoms with E-state index in [1.54, 1.807) is 11.1 Å². The van der Waals surface area contributed by atoms with Crippen molar-refractivity contribution in [2.75, 3.05) is 13.1 Å². The van der Waals surface area contributed by atoms with Crippen LogP contribution >= 0.6 is 0 Å². The van der Waals surface area contributed by atoms with Gasteiger partial charge in [0.25, 0.3) is 0 Å². The van der Waals surface area contributed by atoms with E-state index in [-0.39, 0.29) is 11.4 Å². The minimum absolute atomic E-state index is 0.122. The number of carbonyl (C=O) groups is 1. The predicted molar refractivity (Wildman–Crippen MR) is 90.2 cm³/mol. The summed E-state index contributed by atoms with van der Waals surface area (Å²) in [5.74, 6) is 0.122. The summed E-state index contributed by atoms with van der Waals surface area (Å²) in [5, 5.41) is 17.0. The lowest BCUT2D eigenvalue weighted by Crippen LogP contribution is -2.63. The zero-order valence-corrected chi connectivity index (χ0v) is 13.8. The summed E-state index contributed by atoms with van der Waals surface area (Å²) in [4.78, 5) is 22.2. The number of H-pyrrole nitrogens is 1. The Labute approximate surface area is 144 Å². The van der Waals surface area contributed by atoms with E-state index in [1.807, 2.05) is 30.0 Å². The average Bonchev–Trinajstić information content (AvgIpc) is 3.25. The van der Waals surface area contributed by atoms with Crippen molar-refractivity contribution in [2.45, 2.75) is 25.3 Å². The number of aromatic nitrogens is 5. The molecule has 1 amide bonds. The van der Waals surface area contributed by atoms with Gasteiger partial charge in [0.05, 0.1) is 35.3 Å². The molecule has 0 radical (unpaired) electrons. The van der Waals surface area contributed by atoms with Gasteiger partial charge in [-0.15, -0.1) is 0 Å². The minimum Gasteiger partial charge on any atom is -0.343 e. The largest absolute Gasteiger partial charge is 0.343 e. The minimum atomic E-state index is -0.361. The standard InChI is InChI=1S/C17H17N7O/c1-2-14(25)23-9-17(10-23,4-5-18)24-6-3-12(8-24)15-13-7-21-22-16(13)20-11-19-15/h3,6-8,11H,2,4,9-10H2,1H3,(H,19,20,21,22). The Kier molecular flexibility index (Phi) is 3.50. The summed E-state index contributed by atoms with van der Waals surface area (Å²) in [6.07, 6.45) is 7.99. The summed E-state index contributed by atoms with van der Waals surface area (Å²) >= 11 is 0. The molecule has 1 aliphatic heterocycles. The number of fused-ring (bicyclic) bond motifs is 1. The van der Waals surface area contributed by atoms with Gasteiger partial charge in [-0.05, 0) is 6.07 Å². The molecule has 0 aromatic carbocycles. The number of rotatable bonds is 4. The molecule has 0 aliphatic carbocycles. The van der Waals surface area contributed by atoms with Crippen LogP contribution < -0.4 is 0 Å². The summed E-state index contributed by atoms with van der Waals surface area (Å²) in [6, 6.07) is 4.23. The fourth-order valence-electron chi connectivity index (χ4n) is 3.40. The number of nitrogens with zero attached hydrogens (tertiary/aromatic N) is 6. The lowest BCUT2D eigenvalue weighted by atomic mass is 9.86. The van der Waals surface area contributed by atoms with E-state index in [1.165, 1.54) is 6.33 Å². The van der Waals surface area contributed by atoms with E-state index in [2.05, 4.69) is 26.2 Å². The topological polar surface area (TPSA) is 103 Å². The molecule has 126 valence electrons. The van der Waals surface area contributed by atoms with E-state index >= 15 is 0 Å². The quantitative estimate of drug-likeness (QED) is 0.781. The molecule has 1 aliphatic rings. The number of carbonyl (C=O) groups excluding carboxylic acids is 1. The highest BCUT2D eigenvalue weighted by molar-refractivity contribution is 5.89. The third-order valence-corrected chi connectivity index (χ3v) is 4.80. The third-order valence-electron chi connectivity index (χ3n) is 4.80. The normalized spacial score (nSPS) is 15.8. The smallest absolute Gasteiger partial charge is 0.222 e. The van der Waals surface area contributed by atoms with E-state index in [4.69, 9.17) is 0 Å². The van der Waals surface area contributed by atoms with Crippen LogP contribution in [0, 0.1) is 11.3 Å². The number of nitriles is 1. The Hall–Kier alpha value is -3.21. The highest BCUT2D eigenvalue weighted by Crippen LogP contribution is 2.35. The number of nitrogens with one attached hydrogen (secondary N) is 1. The lowest BCUT2D eigenvalue weighted by Gasteiger charge is -2.50. The molecule has 0 saturated carbocycles. The molecule has 25 heavy (non-hydrogen) atoms. The van der Waals surface area contributed by atoms with Crippen LogP contribution in [0.15, 0.2) is 31.0 Å². The van der Waals surface area contributed by atoms with Crippen molar-refractivity contribution in [2.24, 2.45) is 0 Å². The molecule has 8 nitrogen and oxygen atoms in total. The van der Waals surface area contributed by atoms with Crippen molar-refractivity contribution in [1.82, 2.24) is 29.6 Å². The van der Waals surface area contributed by atoms with Crippen LogP contribution in [-0.2, 0) is 10.3 Å². The first kappa shape index (κ1) is 15.3. The molecule has 0 unspecified atom stereocenters. The van der Waals surface area contributed by atoms with Crippen LogP contribution in [0.1, 0.15) is 19.8 Å². The Morgan fingerprint density at radius 3 is 3.04 bits per heavy atom. The van der Waals surface area contributed by atoms with Gasteiger partial charge in [0.2, 0.25) is 5.91 Å². The van der Waals surface area contributed by atoms with Crippen LogP contribution in [0.4, 0.5) is 0 Å². The van der Waals surface area contributed by atoms with Crippen molar-refractivity contribution in [3.8, 4) is 17.3 Å². The summed E-state index contributed by atoms with van der Waals surface area (Å²) in [5.41, 5.74) is 2.06. The van der Waals surface area contributed by atoms with Crippen LogP contribution in [0.2, 0.25) is 0 Å². The lowest BCUT2D eigenvalue weighted by molar-refractivity contribution is -0.141. The van der Waals surface area contributed by atoms with E-state index in [0.717, 1.165) is 16.6 Å². The zero-order chi connectivity index (χ0) is 17.4. The Morgan fingerprint density at radius 2 is 2.28 bits per heavy atom. The maximum absolute atomic E-state index is 11.9. The Bertz CT molecular complexity index is 974. The number of hydrogen-bond donors (Lipinski definition) is 1. The second-order valence-electron chi connectivity index (χ2n) is 6.32. The Morgan fingerprint density at radius 1 is 1.44 bits per heavy atom. The average molecular weight is 335 g/mol. The van der Waals surface area contributed by atoms with Crippen LogP contribution in [0.25, 0.3) is 22.3 Å². The highest BCUT2D eigenvalue weighted by atomic mass is 16.2. The fraction of sp³-hybridized carbons (Fsp3) is 0.353. The first-order valence-electron chi connectivity index (χ1n) is 8.14. The second kappa shape index (κ2) is 5.70. The van der Waals surface area contributed by atoms with Gasteiger partial charge in [0.15, 0.2) is 5.65 Å². The van der Waals surface area contributed by atoms with Gasteiger partial charge in [0.1, 0.15) is 6.33 Å². The highest BCUT2D eigenvalue weighted by Gasteiger charge is 2.46. The van der Waals surface area contributed by atoms with Gasteiger partial charge in [-0.25, -0.2) is 9.97 Å². The van der Waals surface area contributed by atoms with Crippen molar-refractivity contribution < 1.29 is 4.79 Å². The van der Waals surface area contributed by atoms with E-state index in [0.29, 0.717) is 31.6 Å². The number of amides is 1. The zero-order valence-electron chi connectivity index (χ0n) is 13.8. The Balaban J connectivity index is 1.67. The summed E-state index contributed by atoms with van der Waals surface area (Å²) < 4.78 is 2.04. The maximum atomic E-state index is 11.9. The maximum Gasteiger partial charge on any atom is 0.222 e. The van der Waals surface area contributed by atoms with E-state index in [9.17, 15) is 10.1 Å². The molecule has 4 rings (SSSR count). The predicted octanol–water partition coefficient (Wildman–Crippen LogP) is 1.68. The van der Waals surface area contributed by atoms with Gasteiger partial charge < -0.3 is 9.47 Å². The monoisotopic (exact) mass is 335 g/mol. The van der Waals surface area contributed by atoms with E-state index < -0.39 is 0 Å². The fourth-order valence-corrected chi connectivity index (χ4v) is 3.40. The van der Waals surface area contributed by atoms with Gasteiger partial charge in [0, 0.05) is 37.5 Å². The number of aromatic amines is 1. The molecule has 4 heterocycles. The van der Waals surface area contributed by atoms with Gasteiger partial charge >= 0.3 is 0 Å². The van der Waals surface area contributed by atoms with Gasteiger partial charge in [-0.3, -0.25) is 9.89 Å². The van der Waals surface area contributed by atoms with Crippen LogP contribution in [0.3, 0.4) is 0 Å². The van der Waals surface area contributed by atoms with Crippen molar-refractivity contribution >= 4 is 16.9 Å². The van der Waals surface area contributed by atoms with Crippen LogP contribution in [0.5, 0.6) is 0 Å². The summed E-state index contributed by atoms with van der Waals surface area (Å²) in [6.45, 7) is 2.98. The molecular formula is C17H17N7O. The first-order valence-corrected chi connectivity index (χ1v) is 8.14. The van der Waals surface area contributed by atoms with Crippen LogP contribution in [-0.4, -0.2) is 48.6 Å². The first-order chi connectivity index (χ1) is 12.2. The molecule has 3 aromatic heterocycles. The van der Waals surface area contributed by atoms with Crippen molar-refractivity contribution in [1.29, 1.82) is 5.26 Å². The number of likely N-dealkylation sites (tertiary alicyclic amines) is 1. The van der Waals surface area contributed by atoms with Gasteiger partial charge in [-0.2, -0.15) is 10.4 Å². The molecule has 8 heteroatoms. The van der Waals surface area contributed by atoms with Crippen molar-refractivity contribution in [3.63, 3.8) is 0 Å². The van der Waals surface area contributed by atoms with Gasteiger partial charge in [-0.1, -0.05) is 6.92 Å². The molecule has 0 bridgehead atoms.